The predicted octanol–water partition coefficient (Wildman–Crippen LogP) is 1.29. The minimum atomic E-state index is -0.907. The molecule has 3 heterocycles. The van der Waals surface area contributed by atoms with Gasteiger partial charge in [0.25, 0.3) is 5.56 Å². The minimum absolute atomic E-state index is 0.106. The number of carbonyl (C=O) groups is 2. The van der Waals surface area contributed by atoms with Crippen LogP contribution in [-0.2, 0) is 14.3 Å². The van der Waals surface area contributed by atoms with Crippen LogP contribution < -0.4 is 21.1 Å². The second kappa shape index (κ2) is 7.67. The lowest BCUT2D eigenvalue weighted by Crippen LogP contribution is -2.41. The average Bonchev–Trinajstić information content (AvgIpc) is 2.70. The molecule has 0 bridgehead atoms. The van der Waals surface area contributed by atoms with Crippen molar-refractivity contribution in [2.45, 2.75) is 26.2 Å². The Balaban J connectivity index is 1.64. The molecule has 2 amide bonds. The van der Waals surface area contributed by atoms with Crippen LogP contribution in [0.4, 0.5) is 17.5 Å². The number of hydrogen-bond acceptors (Lipinski definition) is 6. The molecule has 0 aliphatic carbocycles. The molecule has 29 heavy (non-hydrogen) atoms. The highest BCUT2D eigenvalue weighted by molar-refractivity contribution is 6.04. The van der Waals surface area contributed by atoms with Crippen LogP contribution in [0.5, 0.6) is 0 Å². The molecular formula is C20H23N5O4. The highest BCUT2D eigenvalue weighted by atomic mass is 16.5. The third-order valence-corrected chi connectivity index (χ3v) is 5.34. The van der Waals surface area contributed by atoms with Crippen molar-refractivity contribution in [3.05, 3.63) is 45.2 Å². The Bertz CT molecular complexity index is 1030. The third kappa shape index (κ3) is 3.86. The Morgan fingerprint density at radius 3 is 2.69 bits per heavy atom. The highest BCUT2D eigenvalue weighted by Crippen LogP contribution is 2.30. The number of rotatable bonds is 3. The normalized spacial score (nSPS) is 18.8. The van der Waals surface area contributed by atoms with Gasteiger partial charge in [-0.05, 0) is 37.1 Å². The Labute approximate surface area is 167 Å². The molecule has 152 valence electrons. The summed E-state index contributed by atoms with van der Waals surface area (Å²) in [5, 5.41) is 5.46. The number of H-pyrrole nitrogens is 1. The first-order valence-electron chi connectivity index (χ1n) is 9.57. The first kappa shape index (κ1) is 19.1. The molecular weight excluding hydrogens is 374 g/mol. The van der Waals surface area contributed by atoms with E-state index in [1.54, 1.807) is 6.07 Å². The van der Waals surface area contributed by atoms with E-state index >= 15 is 0 Å². The van der Waals surface area contributed by atoms with E-state index in [9.17, 15) is 14.4 Å². The molecule has 1 unspecified atom stereocenters. The van der Waals surface area contributed by atoms with Crippen molar-refractivity contribution in [1.29, 1.82) is 0 Å². The lowest BCUT2D eigenvalue weighted by atomic mass is 9.92. The number of morpholine rings is 1. The number of nitrogens with one attached hydrogen (secondary N) is 3. The van der Waals surface area contributed by atoms with Gasteiger partial charge in [0.2, 0.25) is 17.8 Å². The summed E-state index contributed by atoms with van der Waals surface area (Å²) in [7, 11) is 0. The van der Waals surface area contributed by atoms with Gasteiger partial charge in [-0.1, -0.05) is 6.07 Å². The smallest absolute Gasteiger partial charge is 0.258 e. The fourth-order valence-corrected chi connectivity index (χ4v) is 3.56. The maximum Gasteiger partial charge on any atom is 0.258 e. The van der Waals surface area contributed by atoms with E-state index in [0.717, 1.165) is 11.1 Å². The summed E-state index contributed by atoms with van der Waals surface area (Å²) < 4.78 is 5.32. The van der Waals surface area contributed by atoms with Crippen molar-refractivity contribution in [2.75, 3.05) is 41.8 Å². The van der Waals surface area contributed by atoms with E-state index in [2.05, 4.69) is 20.6 Å². The molecule has 1 saturated heterocycles. The summed E-state index contributed by atoms with van der Waals surface area (Å²) >= 11 is 0. The number of anilines is 3. The highest BCUT2D eigenvalue weighted by Gasteiger charge is 2.35. The largest absolute Gasteiger partial charge is 0.378 e. The van der Waals surface area contributed by atoms with Crippen molar-refractivity contribution in [1.82, 2.24) is 9.97 Å². The monoisotopic (exact) mass is 397 g/mol. The molecule has 3 N–H and O–H groups in total. The van der Waals surface area contributed by atoms with Crippen molar-refractivity contribution >= 4 is 29.3 Å². The molecule has 1 atom stereocenters. The summed E-state index contributed by atoms with van der Waals surface area (Å²) in [6.45, 7) is 6.19. The summed E-state index contributed by atoms with van der Waals surface area (Å²) in [4.78, 5) is 47.0. The number of ether oxygens (including phenoxy) is 1. The average molecular weight is 397 g/mol. The van der Waals surface area contributed by atoms with Gasteiger partial charge in [0.1, 0.15) is 5.82 Å². The molecule has 9 nitrogen and oxygen atoms in total. The molecule has 1 aromatic carbocycles. The van der Waals surface area contributed by atoms with Crippen LogP contribution in [0, 0.1) is 13.8 Å². The van der Waals surface area contributed by atoms with Gasteiger partial charge in [0.05, 0.1) is 24.7 Å². The van der Waals surface area contributed by atoms with Gasteiger partial charge < -0.3 is 20.3 Å². The fraction of sp³-hybridized carbons (Fsp3) is 0.400. The molecule has 0 saturated carbocycles. The van der Waals surface area contributed by atoms with Crippen LogP contribution in [0.25, 0.3) is 0 Å². The number of aryl methyl sites for hydroxylation is 2. The van der Waals surface area contributed by atoms with Gasteiger partial charge in [-0.15, -0.1) is 0 Å². The molecule has 0 radical (unpaired) electrons. The first-order chi connectivity index (χ1) is 13.9. The molecule has 9 heteroatoms. The van der Waals surface area contributed by atoms with E-state index in [0.29, 0.717) is 37.9 Å². The van der Waals surface area contributed by atoms with Crippen molar-refractivity contribution < 1.29 is 14.3 Å². The number of aromatic nitrogens is 2. The van der Waals surface area contributed by atoms with Crippen LogP contribution in [-0.4, -0.2) is 48.1 Å². The summed E-state index contributed by atoms with van der Waals surface area (Å²) in [5.41, 5.74) is 2.54. The number of amides is 2. The standard InChI is InChI=1S/C20H23N5O4/c1-11-3-4-13(9-12(11)2)21-18(27)14-10-15(26)22-17-16(14)19(28)24-20(23-17)25-5-7-29-8-6-25/h3-4,9,14H,5-8,10H2,1-2H3,(H,21,27)(H2,22,23,24,26,28). The van der Waals surface area contributed by atoms with Crippen molar-refractivity contribution in [2.24, 2.45) is 0 Å². The molecule has 2 aliphatic heterocycles. The van der Waals surface area contributed by atoms with Gasteiger partial charge in [-0.2, -0.15) is 4.98 Å². The van der Waals surface area contributed by atoms with Gasteiger partial charge in [-0.25, -0.2) is 0 Å². The third-order valence-electron chi connectivity index (χ3n) is 5.34. The van der Waals surface area contributed by atoms with Gasteiger partial charge in [0, 0.05) is 25.2 Å². The second-order valence-electron chi connectivity index (χ2n) is 7.34. The van der Waals surface area contributed by atoms with Crippen LogP contribution in [0.3, 0.4) is 0 Å². The Kier molecular flexibility index (Phi) is 5.06. The maximum atomic E-state index is 12.9. The molecule has 2 aliphatic rings. The number of nitrogens with zero attached hydrogens (tertiary/aromatic N) is 2. The Morgan fingerprint density at radius 1 is 1.21 bits per heavy atom. The molecule has 1 fully saturated rings. The van der Waals surface area contributed by atoms with Crippen LogP contribution in [0.1, 0.15) is 29.0 Å². The molecule has 2 aromatic rings. The maximum absolute atomic E-state index is 12.9. The zero-order valence-electron chi connectivity index (χ0n) is 16.4. The van der Waals surface area contributed by atoms with Gasteiger partial charge >= 0.3 is 0 Å². The minimum Gasteiger partial charge on any atom is -0.378 e. The zero-order chi connectivity index (χ0) is 20.5. The summed E-state index contributed by atoms with van der Waals surface area (Å²) in [6, 6.07) is 5.57. The van der Waals surface area contributed by atoms with Crippen molar-refractivity contribution in [3.63, 3.8) is 0 Å². The van der Waals surface area contributed by atoms with E-state index in [1.165, 1.54) is 0 Å². The number of benzene rings is 1. The Morgan fingerprint density at radius 2 is 1.97 bits per heavy atom. The lowest BCUT2D eigenvalue weighted by Gasteiger charge is -2.29. The van der Waals surface area contributed by atoms with E-state index in [4.69, 9.17) is 4.74 Å². The number of fused-ring (bicyclic) bond motifs is 1. The van der Waals surface area contributed by atoms with Crippen LogP contribution >= 0.6 is 0 Å². The number of hydrogen-bond donors (Lipinski definition) is 3. The second-order valence-corrected chi connectivity index (χ2v) is 7.34. The van der Waals surface area contributed by atoms with Crippen molar-refractivity contribution in [3.8, 4) is 0 Å². The molecule has 0 spiro atoms. The number of carbonyl (C=O) groups excluding carboxylic acids is 2. The zero-order valence-corrected chi connectivity index (χ0v) is 16.4. The first-order valence-corrected chi connectivity index (χ1v) is 9.57. The van der Waals surface area contributed by atoms with Gasteiger partial charge in [0.15, 0.2) is 0 Å². The quantitative estimate of drug-likeness (QED) is 0.719. The summed E-state index contributed by atoms with van der Waals surface area (Å²) in [5.74, 6) is -1.14. The SMILES string of the molecule is Cc1ccc(NC(=O)C2CC(=O)Nc3nc(N4CCOCC4)[nH]c(=O)c32)cc1C. The van der Waals surface area contributed by atoms with E-state index in [-0.39, 0.29) is 23.7 Å². The number of aromatic amines is 1. The van der Waals surface area contributed by atoms with Gasteiger partial charge in [-0.3, -0.25) is 19.4 Å². The molecule has 4 rings (SSSR count). The Hall–Kier alpha value is -3.20. The fourth-order valence-electron chi connectivity index (χ4n) is 3.56. The van der Waals surface area contributed by atoms with E-state index in [1.807, 2.05) is 30.9 Å². The van der Waals surface area contributed by atoms with E-state index < -0.39 is 17.4 Å². The predicted molar refractivity (Wildman–Crippen MR) is 108 cm³/mol. The lowest BCUT2D eigenvalue weighted by molar-refractivity contribution is -0.123. The summed E-state index contributed by atoms with van der Waals surface area (Å²) in [6.07, 6.45) is -0.106. The van der Waals surface area contributed by atoms with Crippen LogP contribution in [0.15, 0.2) is 23.0 Å². The molecule has 1 aromatic heterocycles. The topological polar surface area (TPSA) is 116 Å². The van der Waals surface area contributed by atoms with Crippen LogP contribution in [0.2, 0.25) is 0 Å².